The van der Waals surface area contributed by atoms with Crippen LogP contribution >= 0.6 is 0 Å². The number of methoxy groups -OCH3 is 1. The lowest BCUT2D eigenvalue weighted by atomic mass is 9.88. The first kappa shape index (κ1) is 20.3. The Hall–Kier alpha value is -2.57. The molecule has 6 heteroatoms. The third kappa shape index (κ3) is 3.79. The van der Waals surface area contributed by atoms with Gasteiger partial charge in [-0.25, -0.2) is 0 Å². The Morgan fingerprint density at radius 3 is 2.52 bits per heavy atom. The van der Waals surface area contributed by atoms with Crippen LogP contribution < -0.4 is 14.2 Å². The lowest BCUT2D eigenvalue weighted by Crippen LogP contribution is -2.50. The molecule has 1 saturated heterocycles. The number of Topliss-reactive ketones (excluding diaryl/α,β-unsaturated/α-hetero) is 1. The second-order valence-electron chi connectivity index (χ2n) is 8.92. The highest BCUT2D eigenvalue weighted by Crippen LogP contribution is 2.48. The van der Waals surface area contributed by atoms with Crippen molar-refractivity contribution in [3.63, 3.8) is 0 Å². The molecular formula is C25H28O6. The molecule has 0 unspecified atom stereocenters. The molecule has 5 rings (SSSR count). The van der Waals surface area contributed by atoms with Crippen molar-refractivity contribution in [2.75, 3.05) is 40.1 Å². The Morgan fingerprint density at radius 1 is 1.03 bits per heavy atom. The van der Waals surface area contributed by atoms with E-state index in [2.05, 4.69) is 0 Å². The molecule has 1 aliphatic heterocycles. The molecular weight excluding hydrogens is 396 g/mol. The molecule has 0 bridgehead atoms. The molecule has 0 amide bonds. The number of ketones is 1. The standard InChI is InChI=1S/C25H28O6/c1-28-22-10-8-20(17-3-2-4-19-18(17)7-9-21(19)27)23(24(22)30-11-16-5-6-16)31-15-25(12-26)13-29-14-25/h2-4,8,10,16,26H,5-7,9,11-15H2,1H3. The Kier molecular flexibility index (Phi) is 5.36. The summed E-state index contributed by atoms with van der Waals surface area (Å²) in [6.07, 6.45) is 3.62. The number of hydrogen-bond acceptors (Lipinski definition) is 6. The van der Waals surface area contributed by atoms with E-state index in [0.717, 1.165) is 28.7 Å². The molecule has 1 heterocycles. The largest absolute Gasteiger partial charge is 0.493 e. The number of fused-ring (bicyclic) bond motifs is 1. The normalized spacial score (nSPS) is 19.0. The third-order valence-electron chi connectivity index (χ3n) is 6.50. The molecule has 6 nitrogen and oxygen atoms in total. The van der Waals surface area contributed by atoms with Crippen LogP contribution in [0.3, 0.4) is 0 Å². The van der Waals surface area contributed by atoms with E-state index in [1.54, 1.807) is 7.11 Å². The molecule has 1 saturated carbocycles. The van der Waals surface area contributed by atoms with Crippen molar-refractivity contribution in [2.45, 2.75) is 25.7 Å². The summed E-state index contributed by atoms with van der Waals surface area (Å²) in [5.74, 6) is 2.56. The number of hydrogen-bond donors (Lipinski definition) is 1. The average Bonchev–Trinajstić information content (AvgIpc) is 3.52. The lowest BCUT2D eigenvalue weighted by Gasteiger charge is -2.39. The van der Waals surface area contributed by atoms with Crippen molar-refractivity contribution in [1.82, 2.24) is 0 Å². The van der Waals surface area contributed by atoms with Crippen LogP contribution in [-0.2, 0) is 11.2 Å². The highest BCUT2D eigenvalue weighted by atomic mass is 16.5. The number of ether oxygens (including phenoxy) is 4. The SMILES string of the molecule is COc1ccc(-c2cccc3c2CCC3=O)c(OCC2(CO)COC2)c1OCC1CC1. The maximum Gasteiger partial charge on any atom is 0.204 e. The molecule has 0 radical (unpaired) electrons. The van der Waals surface area contributed by atoms with E-state index >= 15 is 0 Å². The smallest absolute Gasteiger partial charge is 0.204 e. The van der Waals surface area contributed by atoms with Crippen molar-refractivity contribution in [1.29, 1.82) is 0 Å². The number of aliphatic hydroxyl groups is 1. The van der Waals surface area contributed by atoms with Gasteiger partial charge >= 0.3 is 0 Å². The van der Waals surface area contributed by atoms with E-state index in [4.69, 9.17) is 18.9 Å². The van der Waals surface area contributed by atoms with Gasteiger partial charge in [0.1, 0.15) is 6.61 Å². The minimum atomic E-state index is -0.400. The van der Waals surface area contributed by atoms with Crippen molar-refractivity contribution in [3.8, 4) is 28.4 Å². The quantitative estimate of drug-likeness (QED) is 0.662. The number of carbonyl (C=O) groups is 1. The van der Waals surface area contributed by atoms with Gasteiger partial charge in [-0.1, -0.05) is 18.2 Å². The first-order valence-electron chi connectivity index (χ1n) is 10.9. The zero-order valence-electron chi connectivity index (χ0n) is 17.8. The van der Waals surface area contributed by atoms with Crippen LogP contribution in [0.5, 0.6) is 17.2 Å². The third-order valence-corrected chi connectivity index (χ3v) is 6.50. The topological polar surface area (TPSA) is 74.2 Å². The van der Waals surface area contributed by atoms with Crippen LogP contribution in [0.25, 0.3) is 11.1 Å². The van der Waals surface area contributed by atoms with E-state index in [-0.39, 0.29) is 12.4 Å². The van der Waals surface area contributed by atoms with Gasteiger partial charge in [0.25, 0.3) is 0 Å². The first-order chi connectivity index (χ1) is 15.1. The van der Waals surface area contributed by atoms with Crippen LogP contribution in [0.4, 0.5) is 0 Å². The zero-order valence-corrected chi connectivity index (χ0v) is 17.8. The van der Waals surface area contributed by atoms with E-state index in [1.165, 1.54) is 12.8 Å². The van der Waals surface area contributed by atoms with Gasteiger partial charge in [0.2, 0.25) is 5.75 Å². The maximum absolute atomic E-state index is 12.3. The van der Waals surface area contributed by atoms with Crippen LogP contribution in [0, 0.1) is 11.3 Å². The molecule has 2 aromatic carbocycles. The Bertz CT molecular complexity index is 984. The molecule has 2 aliphatic carbocycles. The molecule has 0 spiro atoms. The molecule has 0 atom stereocenters. The van der Waals surface area contributed by atoms with E-state index in [1.807, 2.05) is 30.3 Å². The highest BCUT2D eigenvalue weighted by Gasteiger charge is 2.40. The van der Waals surface area contributed by atoms with Gasteiger partial charge in [0.15, 0.2) is 17.3 Å². The lowest BCUT2D eigenvalue weighted by molar-refractivity contribution is -0.153. The van der Waals surface area contributed by atoms with E-state index in [9.17, 15) is 9.90 Å². The second-order valence-corrected chi connectivity index (χ2v) is 8.92. The van der Waals surface area contributed by atoms with Crippen LogP contribution in [0.15, 0.2) is 30.3 Å². The summed E-state index contributed by atoms with van der Waals surface area (Å²) in [6.45, 7) is 1.87. The van der Waals surface area contributed by atoms with Crippen LogP contribution in [0.1, 0.15) is 35.2 Å². The van der Waals surface area contributed by atoms with Gasteiger partial charge in [-0.2, -0.15) is 0 Å². The van der Waals surface area contributed by atoms with Gasteiger partial charge in [-0.3, -0.25) is 4.79 Å². The predicted molar refractivity (Wildman–Crippen MR) is 115 cm³/mol. The fourth-order valence-corrected chi connectivity index (χ4v) is 4.26. The number of aliphatic hydroxyl groups excluding tert-OH is 1. The van der Waals surface area contributed by atoms with Gasteiger partial charge in [-0.15, -0.1) is 0 Å². The van der Waals surface area contributed by atoms with E-state index in [0.29, 0.717) is 56.0 Å². The van der Waals surface area contributed by atoms with Gasteiger partial charge in [0.05, 0.1) is 39.0 Å². The number of rotatable bonds is 9. The molecule has 2 aromatic rings. The van der Waals surface area contributed by atoms with Crippen molar-refractivity contribution in [3.05, 3.63) is 41.5 Å². The Morgan fingerprint density at radius 2 is 1.84 bits per heavy atom. The number of benzene rings is 2. The summed E-state index contributed by atoms with van der Waals surface area (Å²) >= 11 is 0. The fraction of sp³-hybridized carbons (Fsp3) is 0.480. The van der Waals surface area contributed by atoms with Crippen molar-refractivity contribution >= 4 is 5.78 Å². The van der Waals surface area contributed by atoms with Gasteiger partial charge < -0.3 is 24.1 Å². The summed E-state index contributed by atoms with van der Waals surface area (Å²) < 4.78 is 23.5. The first-order valence-corrected chi connectivity index (χ1v) is 10.9. The van der Waals surface area contributed by atoms with Crippen molar-refractivity contribution in [2.24, 2.45) is 11.3 Å². The predicted octanol–water partition coefficient (Wildman–Crippen LogP) is 3.67. The molecule has 0 aromatic heterocycles. The molecule has 3 aliphatic rings. The minimum Gasteiger partial charge on any atom is -0.493 e. The summed E-state index contributed by atoms with van der Waals surface area (Å²) in [5, 5.41) is 9.86. The zero-order chi connectivity index (χ0) is 21.4. The van der Waals surface area contributed by atoms with E-state index < -0.39 is 5.41 Å². The summed E-state index contributed by atoms with van der Waals surface area (Å²) in [4.78, 5) is 12.3. The maximum atomic E-state index is 12.3. The average molecular weight is 424 g/mol. The van der Waals surface area contributed by atoms with Gasteiger partial charge in [0, 0.05) is 17.5 Å². The molecule has 2 fully saturated rings. The van der Waals surface area contributed by atoms with Crippen LogP contribution in [0.2, 0.25) is 0 Å². The monoisotopic (exact) mass is 424 g/mol. The second kappa shape index (κ2) is 8.17. The Balaban J connectivity index is 1.58. The summed E-state index contributed by atoms with van der Waals surface area (Å²) in [7, 11) is 1.62. The summed E-state index contributed by atoms with van der Waals surface area (Å²) in [6, 6.07) is 9.72. The summed E-state index contributed by atoms with van der Waals surface area (Å²) in [5.41, 5.74) is 3.31. The molecule has 1 N–H and O–H groups in total. The molecule has 31 heavy (non-hydrogen) atoms. The van der Waals surface area contributed by atoms with Gasteiger partial charge in [-0.05, 0) is 48.4 Å². The Labute approximate surface area is 182 Å². The molecule has 164 valence electrons. The van der Waals surface area contributed by atoms with Crippen LogP contribution in [-0.4, -0.2) is 51.0 Å². The highest BCUT2D eigenvalue weighted by molar-refractivity contribution is 6.02. The van der Waals surface area contributed by atoms with Crippen molar-refractivity contribution < 1.29 is 28.8 Å². The fourth-order valence-electron chi connectivity index (χ4n) is 4.26. The minimum absolute atomic E-state index is 0.000195. The number of carbonyl (C=O) groups excluding carboxylic acids is 1.